The van der Waals surface area contributed by atoms with Gasteiger partial charge in [0, 0.05) is 31.9 Å². The Morgan fingerprint density at radius 2 is 2.08 bits per heavy atom. The van der Waals surface area contributed by atoms with E-state index in [-0.39, 0.29) is 11.9 Å². The zero-order valence-corrected chi connectivity index (χ0v) is 14.1. The van der Waals surface area contributed by atoms with Crippen molar-refractivity contribution < 1.29 is 4.79 Å². The molecule has 0 saturated carbocycles. The van der Waals surface area contributed by atoms with Crippen LogP contribution in [-0.2, 0) is 17.8 Å². The van der Waals surface area contributed by atoms with Crippen molar-refractivity contribution in [2.24, 2.45) is 5.73 Å². The normalized spacial score (nSPS) is 16.8. The fraction of sp³-hybridized carbons (Fsp3) is 0.421. The van der Waals surface area contributed by atoms with Gasteiger partial charge in [-0.15, -0.1) is 0 Å². The van der Waals surface area contributed by atoms with Gasteiger partial charge in [0.05, 0.1) is 17.4 Å². The lowest BCUT2D eigenvalue weighted by Crippen LogP contribution is -2.34. The van der Waals surface area contributed by atoms with Crippen LogP contribution in [0.25, 0.3) is 0 Å². The molecule has 0 aromatic carbocycles. The van der Waals surface area contributed by atoms with E-state index in [2.05, 4.69) is 33.9 Å². The molecule has 0 radical (unpaired) electrons. The SMILES string of the molecule is Cc1cccnc1CN(CCC(N)=O)[C@H]1CCCc2cccnc21. The van der Waals surface area contributed by atoms with E-state index in [4.69, 9.17) is 5.73 Å². The van der Waals surface area contributed by atoms with Crippen LogP contribution in [0.15, 0.2) is 36.7 Å². The van der Waals surface area contributed by atoms with Crippen molar-refractivity contribution >= 4 is 5.91 Å². The monoisotopic (exact) mass is 324 g/mol. The van der Waals surface area contributed by atoms with Crippen molar-refractivity contribution in [1.82, 2.24) is 14.9 Å². The summed E-state index contributed by atoms with van der Waals surface area (Å²) in [7, 11) is 0. The Hall–Kier alpha value is -2.27. The summed E-state index contributed by atoms with van der Waals surface area (Å²) in [6, 6.07) is 8.40. The van der Waals surface area contributed by atoms with Gasteiger partial charge in [0.15, 0.2) is 0 Å². The number of hydrogen-bond donors (Lipinski definition) is 1. The standard InChI is InChI=1S/C19H24N4O/c1-14-5-3-10-21-16(14)13-23(12-9-18(20)24)17-8-2-6-15-7-4-11-22-19(15)17/h3-5,7,10-11,17H,2,6,8-9,12-13H2,1H3,(H2,20,24)/t17-/m0/s1. The Morgan fingerprint density at radius 1 is 1.29 bits per heavy atom. The lowest BCUT2D eigenvalue weighted by molar-refractivity contribution is -0.118. The number of rotatable bonds is 6. The lowest BCUT2D eigenvalue weighted by Gasteiger charge is -2.35. The maximum atomic E-state index is 11.3. The highest BCUT2D eigenvalue weighted by Gasteiger charge is 2.27. The topological polar surface area (TPSA) is 72.1 Å². The maximum absolute atomic E-state index is 11.3. The van der Waals surface area contributed by atoms with Crippen molar-refractivity contribution in [3.63, 3.8) is 0 Å². The van der Waals surface area contributed by atoms with E-state index in [9.17, 15) is 4.79 Å². The molecule has 126 valence electrons. The molecule has 1 aliphatic carbocycles. The molecule has 2 N–H and O–H groups in total. The quantitative estimate of drug-likeness (QED) is 0.886. The van der Waals surface area contributed by atoms with Crippen molar-refractivity contribution in [1.29, 1.82) is 0 Å². The first-order valence-corrected chi connectivity index (χ1v) is 8.52. The molecular formula is C19H24N4O. The number of hydrogen-bond acceptors (Lipinski definition) is 4. The highest BCUT2D eigenvalue weighted by Crippen LogP contribution is 2.33. The third-order valence-corrected chi connectivity index (χ3v) is 4.72. The summed E-state index contributed by atoms with van der Waals surface area (Å²) in [5.41, 5.74) is 10.1. The summed E-state index contributed by atoms with van der Waals surface area (Å²) in [4.78, 5) is 22.8. The number of aryl methyl sites for hydroxylation is 2. The van der Waals surface area contributed by atoms with E-state index in [1.54, 1.807) is 0 Å². The molecule has 5 nitrogen and oxygen atoms in total. The van der Waals surface area contributed by atoms with Crippen molar-refractivity contribution in [2.75, 3.05) is 6.54 Å². The van der Waals surface area contributed by atoms with Crippen LogP contribution >= 0.6 is 0 Å². The third-order valence-electron chi connectivity index (χ3n) is 4.72. The first-order valence-electron chi connectivity index (χ1n) is 8.52. The molecule has 1 amide bonds. The minimum absolute atomic E-state index is 0.218. The molecule has 3 rings (SSSR count). The van der Waals surface area contributed by atoms with Gasteiger partial charge >= 0.3 is 0 Å². The molecule has 2 aromatic heterocycles. The minimum atomic E-state index is -0.269. The Balaban J connectivity index is 1.88. The van der Waals surface area contributed by atoms with Crippen LogP contribution in [0.1, 0.15) is 47.8 Å². The lowest BCUT2D eigenvalue weighted by atomic mass is 9.90. The third kappa shape index (κ3) is 3.79. The fourth-order valence-corrected chi connectivity index (χ4v) is 3.42. The summed E-state index contributed by atoms with van der Waals surface area (Å²) < 4.78 is 0. The molecule has 5 heteroatoms. The fourth-order valence-electron chi connectivity index (χ4n) is 3.42. The van der Waals surface area contributed by atoms with Gasteiger partial charge in [-0.2, -0.15) is 0 Å². The molecule has 0 saturated heterocycles. The summed E-state index contributed by atoms with van der Waals surface area (Å²) in [5.74, 6) is -0.269. The van der Waals surface area contributed by atoms with Crippen molar-refractivity contribution in [2.45, 2.75) is 45.2 Å². The van der Waals surface area contributed by atoms with Crippen molar-refractivity contribution in [3.8, 4) is 0 Å². The molecule has 0 fully saturated rings. The van der Waals surface area contributed by atoms with Gasteiger partial charge in [0.2, 0.25) is 5.91 Å². The van der Waals surface area contributed by atoms with Gasteiger partial charge in [0.25, 0.3) is 0 Å². The number of pyridine rings is 2. The predicted octanol–water partition coefficient (Wildman–Crippen LogP) is 2.54. The Bertz CT molecular complexity index is 716. The Kier molecular flexibility index (Phi) is 5.20. The second kappa shape index (κ2) is 7.53. The molecule has 2 aromatic rings. The van der Waals surface area contributed by atoms with Gasteiger partial charge in [-0.3, -0.25) is 19.7 Å². The van der Waals surface area contributed by atoms with E-state index in [1.807, 2.05) is 24.5 Å². The summed E-state index contributed by atoms with van der Waals surface area (Å²) in [5, 5.41) is 0. The Labute approximate surface area is 142 Å². The number of carbonyl (C=O) groups is 1. The van der Waals surface area contributed by atoms with Crippen LogP contribution in [0.4, 0.5) is 0 Å². The van der Waals surface area contributed by atoms with Crippen molar-refractivity contribution in [3.05, 3.63) is 59.2 Å². The van der Waals surface area contributed by atoms with Gasteiger partial charge in [0.1, 0.15) is 0 Å². The highest BCUT2D eigenvalue weighted by atomic mass is 16.1. The van der Waals surface area contributed by atoms with E-state index >= 15 is 0 Å². The van der Waals surface area contributed by atoms with Gasteiger partial charge in [-0.1, -0.05) is 12.1 Å². The average molecular weight is 324 g/mol. The molecule has 0 bridgehead atoms. The summed E-state index contributed by atoms with van der Waals surface area (Å²) in [6.45, 7) is 3.41. The number of nitrogens with zero attached hydrogens (tertiary/aromatic N) is 3. The largest absolute Gasteiger partial charge is 0.370 e. The first kappa shape index (κ1) is 16.6. The molecule has 0 aliphatic heterocycles. The zero-order chi connectivity index (χ0) is 16.9. The molecule has 24 heavy (non-hydrogen) atoms. The van der Waals surface area contributed by atoms with E-state index in [0.29, 0.717) is 19.5 Å². The van der Waals surface area contributed by atoms with Crippen LogP contribution < -0.4 is 5.73 Å². The van der Waals surface area contributed by atoms with Crippen LogP contribution in [0.3, 0.4) is 0 Å². The predicted molar refractivity (Wildman–Crippen MR) is 93.1 cm³/mol. The number of fused-ring (bicyclic) bond motifs is 1. The molecule has 1 aliphatic rings. The van der Waals surface area contributed by atoms with Crippen LogP contribution in [0, 0.1) is 6.92 Å². The van der Waals surface area contributed by atoms with Gasteiger partial charge in [-0.05, 0) is 49.4 Å². The van der Waals surface area contributed by atoms with Crippen LogP contribution in [0.2, 0.25) is 0 Å². The number of carbonyl (C=O) groups excluding carboxylic acids is 1. The molecule has 2 heterocycles. The first-order chi connectivity index (χ1) is 11.6. The van der Waals surface area contributed by atoms with E-state index in [0.717, 1.165) is 30.7 Å². The number of aromatic nitrogens is 2. The number of nitrogens with two attached hydrogens (primary N) is 1. The van der Waals surface area contributed by atoms with E-state index < -0.39 is 0 Å². The minimum Gasteiger partial charge on any atom is -0.370 e. The second-order valence-corrected chi connectivity index (χ2v) is 6.41. The smallest absolute Gasteiger partial charge is 0.218 e. The summed E-state index contributed by atoms with van der Waals surface area (Å²) in [6.07, 6.45) is 7.29. The summed E-state index contributed by atoms with van der Waals surface area (Å²) >= 11 is 0. The molecule has 0 spiro atoms. The van der Waals surface area contributed by atoms with Gasteiger partial charge in [-0.25, -0.2) is 0 Å². The molecule has 1 atom stereocenters. The average Bonchev–Trinajstić information content (AvgIpc) is 2.59. The van der Waals surface area contributed by atoms with Crippen LogP contribution in [-0.4, -0.2) is 27.3 Å². The Morgan fingerprint density at radius 3 is 2.88 bits per heavy atom. The molecular weight excluding hydrogens is 300 g/mol. The zero-order valence-electron chi connectivity index (χ0n) is 14.1. The maximum Gasteiger partial charge on any atom is 0.218 e. The second-order valence-electron chi connectivity index (χ2n) is 6.41. The number of primary amides is 1. The highest BCUT2D eigenvalue weighted by molar-refractivity contribution is 5.73. The van der Waals surface area contributed by atoms with E-state index in [1.165, 1.54) is 11.1 Å². The van der Waals surface area contributed by atoms with Gasteiger partial charge < -0.3 is 5.73 Å². The van der Waals surface area contributed by atoms with Crippen LogP contribution in [0.5, 0.6) is 0 Å². The molecule has 0 unspecified atom stereocenters. The number of amides is 1.